The Balaban J connectivity index is 1.41. The Morgan fingerprint density at radius 1 is 0.972 bits per heavy atom. The van der Waals surface area contributed by atoms with Gasteiger partial charge in [-0.05, 0) is 48.5 Å². The van der Waals surface area contributed by atoms with E-state index in [9.17, 15) is 18.8 Å². The second-order valence-corrected chi connectivity index (χ2v) is 9.13. The van der Waals surface area contributed by atoms with Gasteiger partial charge in [0.25, 0.3) is 5.56 Å². The average Bonchev–Trinajstić information content (AvgIpc) is 2.86. The summed E-state index contributed by atoms with van der Waals surface area (Å²) in [5, 5.41) is 8.32. The van der Waals surface area contributed by atoms with Gasteiger partial charge in [0.1, 0.15) is 11.6 Å². The lowest BCUT2D eigenvalue weighted by molar-refractivity contribution is -0.123. The Labute approximate surface area is 209 Å². The van der Waals surface area contributed by atoms with Crippen LogP contribution in [0.25, 0.3) is 0 Å². The second-order valence-electron chi connectivity index (χ2n) is 8.01. The smallest absolute Gasteiger partial charge is 0.258 e. The third-order valence-corrected chi connectivity index (χ3v) is 6.57. The summed E-state index contributed by atoms with van der Waals surface area (Å²) in [6, 6.07) is 22.5. The first kappa shape index (κ1) is 23.3. The van der Waals surface area contributed by atoms with Crippen molar-refractivity contribution in [2.45, 2.75) is 22.1 Å². The van der Waals surface area contributed by atoms with Crippen LogP contribution in [0.4, 0.5) is 27.5 Å². The molecule has 1 aliphatic heterocycles. The molecule has 0 saturated carbocycles. The van der Waals surface area contributed by atoms with Crippen molar-refractivity contribution in [1.82, 2.24) is 9.97 Å². The SMILES string of the molecule is O=C1CC(C(=O)Nc2ccccc2Sc2ccccc2)c2c(nc(Nc3ccc(F)cc3)[nH]c2=O)N1. The molecule has 180 valence electrons. The molecule has 0 spiro atoms. The largest absolute Gasteiger partial charge is 0.326 e. The summed E-state index contributed by atoms with van der Waals surface area (Å²) < 4.78 is 13.2. The molecule has 0 fully saturated rings. The first-order valence-electron chi connectivity index (χ1n) is 11.1. The molecule has 2 heterocycles. The molecule has 36 heavy (non-hydrogen) atoms. The maximum atomic E-state index is 13.3. The van der Waals surface area contributed by atoms with Crippen molar-refractivity contribution in [2.24, 2.45) is 0 Å². The minimum atomic E-state index is -1.03. The number of aromatic nitrogens is 2. The normalized spacial score (nSPS) is 14.5. The number of fused-ring (bicyclic) bond motifs is 1. The van der Waals surface area contributed by atoms with Crippen LogP contribution in [-0.4, -0.2) is 21.8 Å². The second kappa shape index (κ2) is 10.0. The maximum absolute atomic E-state index is 13.3. The highest BCUT2D eigenvalue weighted by atomic mass is 32.2. The number of carbonyl (C=O) groups excluding carboxylic acids is 2. The lowest BCUT2D eigenvalue weighted by atomic mass is 9.92. The van der Waals surface area contributed by atoms with Gasteiger partial charge in [0.2, 0.25) is 17.8 Å². The summed E-state index contributed by atoms with van der Waals surface area (Å²) in [6.45, 7) is 0. The monoisotopic (exact) mass is 501 g/mol. The van der Waals surface area contributed by atoms with Gasteiger partial charge in [-0.25, -0.2) is 4.39 Å². The number of para-hydroxylation sites is 1. The van der Waals surface area contributed by atoms with Crippen LogP contribution in [0.1, 0.15) is 17.9 Å². The first-order valence-corrected chi connectivity index (χ1v) is 11.9. The molecule has 8 nitrogen and oxygen atoms in total. The van der Waals surface area contributed by atoms with Gasteiger partial charge in [0.15, 0.2) is 0 Å². The highest BCUT2D eigenvalue weighted by Crippen LogP contribution is 2.35. The Morgan fingerprint density at radius 3 is 2.47 bits per heavy atom. The van der Waals surface area contributed by atoms with Crippen molar-refractivity contribution in [3.63, 3.8) is 0 Å². The number of rotatable bonds is 6. The Morgan fingerprint density at radius 2 is 1.69 bits per heavy atom. The standard InChI is InChI=1S/C26H20FN5O3S/c27-15-10-12-16(13-11-15)28-26-31-23-22(25(35)32-26)18(14-21(33)30-23)24(34)29-19-8-4-5-9-20(19)36-17-6-2-1-3-7-17/h1-13,18H,14H2,(H,29,34)(H3,28,30,31,32,33,35). The van der Waals surface area contributed by atoms with E-state index in [-0.39, 0.29) is 23.8 Å². The number of H-pyrrole nitrogens is 1. The summed E-state index contributed by atoms with van der Waals surface area (Å²) in [7, 11) is 0. The average molecular weight is 502 g/mol. The van der Waals surface area contributed by atoms with Crippen molar-refractivity contribution >= 4 is 46.7 Å². The fourth-order valence-corrected chi connectivity index (χ4v) is 4.74. The summed E-state index contributed by atoms with van der Waals surface area (Å²) in [4.78, 5) is 47.4. The minimum Gasteiger partial charge on any atom is -0.326 e. The van der Waals surface area contributed by atoms with Gasteiger partial charge in [-0.1, -0.05) is 42.1 Å². The van der Waals surface area contributed by atoms with E-state index >= 15 is 0 Å². The van der Waals surface area contributed by atoms with Crippen LogP contribution >= 0.6 is 11.8 Å². The minimum absolute atomic E-state index is 0.00621. The molecule has 0 saturated heterocycles. The van der Waals surface area contributed by atoms with Gasteiger partial charge in [-0.3, -0.25) is 19.4 Å². The number of nitrogens with one attached hydrogen (secondary N) is 4. The number of hydrogen-bond acceptors (Lipinski definition) is 6. The number of carbonyl (C=O) groups is 2. The highest BCUT2D eigenvalue weighted by molar-refractivity contribution is 7.99. The Bertz CT molecular complexity index is 1490. The van der Waals surface area contributed by atoms with Crippen LogP contribution in [0.15, 0.2) is 93.4 Å². The van der Waals surface area contributed by atoms with Crippen molar-refractivity contribution in [1.29, 1.82) is 0 Å². The van der Waals surface area contributed by atoms with E-state index in [1.54, 1.807) is 12.1 Å². The van der Waals surface area contributed by atoms with E-state index in [1.807, 2.05) is 42.5 Å². The molecule has 0 bridgehead atoms. The van der Waals surface area contributed by atoms with Crippen LogP contribution in [0.3, 0.4) is 0 Å². The molecule has 2 amide bonds. The van der Waals surface area contributed by atoms with Gasteiger partial charge in [0.05, 0.1) is 17.2 Å². The quantitative estimate of drug-likeness (QED) is 0.300. The number of nitrogens with zero attached hydrogens (tertiary/aromatic N) is 1. The van der Waals surface area contributed by atoms with Crippen LogP contribution in [0.2, 0.25) is 0 Å². The van der Waals surface area contributed by atoms with E-state index in [0.29, 0.717) is 11.4 Å². The third kappa shape index (κ3) is 5.13. The number of amides is 2. The zero-order valence-corrected chi connectivity index (χ0v) is 19.6. The molecule has 0 radical (unpaired) electrons. The van der Waals surface area contributed by atoms with Crippen molar-refractivity contribution in [3.8, 4) is 0 Å². The van der Waals surface area contributed by atoms with Crippen molar-refractivity contribution in [2.75, 3.05) is 16.0 Å². The fraction of sp³-hybridized carbons (Fsp3) is 0.0769. The number of hydrogen-bond donors (Lipinski definition) is 4. The maximum Gasteiger partial charge on any atom is 0.258 e. The highest BCUT2D eigenvalue weighted by Gasteiger charge is 2.35. The molecule has 3 aromatic carbocycles. The third-order valence-electron chi connectivity index (χ3n) is 5.49. The molecule has 4 aromatic rings. The van der Waals surface area contributed by atoms with Gasteiger partial charge in [-0.15, -0.1) is 0 Å². The van der Waals surface area contributed by atoms with Crippen LogP contribution in [0.5, 0.6) is 0 Å². The van der Waals surface area contributed by atoms with E-state index in [1.165, 1.54) is 36.0 Å². The van der Waals surface area contributed by atoms with Crippen LogP contribution in [-0.2, 0) is 9.59 Å². The molecule has 1 atom stereocenters. The summed E-state index contributed by atoms with van der Waals surface area (Å²) >= 11 is 1.49. The molecule has 0 aliphatic carbocycles. The lowest BCUT2D eigenvalue weighted by Gasteiger charge is -2.24. The predicted molar refractivity (Wildman–Crippen MR) is 136 cm³/mol. The topological polar surface area (TPSA) is 116 Å². The van der Waals surface area contributed by atoms with E-state index in [4.69, 9.17) is 0 Å². The molecule has 1 unspecified atom stereocenters. The lowest BCUT2D eigenvalue weighted by Crippen LogP contribution is -2.36. The molecular formula is C26H20FN5O3S. The Kier molecular flexibility index (Phi) is 6.50. The molecule has 1 aliphatic rings. The molecule has 4 N–H and O–H groups in total. The van der Waals surface area contributed by atoms with Crippen LogP contribution < -0.4 is 21.5 Å². The van der Waals surface area contributed by atoms with E-state index in [2.05, 4.69) is 25.9 Å². The zero-order chi connectivity index (χ0) is 25.1. The molecular weight excluding hydrogens is 481 g/mol. The molecule has 5 rings (SSSR count). The molecule has 1 aromatic heterocycles. The van der Waals surface area contributed by atoms with Crippen LogP contribution in [0, 0.1) is 5.82 Å². The van der Waals surface area contributed by atoms with Gasteiger partial charge in [0, 0.05) is 21.9 Å². The number of aromatic amines is 1. The first-order chi connectivity index (χ1) is 17.5. The predicted octanol–water partition coefficient (Wildman–Crippen LogP) is 4.87. The fourth-order valence-electron chi connectivity index (χ4n) is 3.82. The number of halogens is 1. The van der Waals surface area contributed by atoms with Crippen molar-refractivity contribution in [3.05, 3.63) is 101 Å². The Hall–Kier alpha value is -4.44. The van der Waals surface area contributed by atoms with Gasteiger partial charge >= 0.3 is 0 Å². The van der Waals surface area contributed by atoms with E-state index < -0.39 is 29.1 Å². The van der Waals surface area contributed by atoms with E-state index in [0.717, 1.165) is 9.79 Å². The van der Waals surface area contributed by atoms with Crippen molar-refractivity contribution < 1.29 is 14.0 Å². The summed E-state index contributed by atoms with van der Waals surface area (Å²) in [5.74, 6) is -2.29. The summed E-state index contributed by atoms with van der Waals surface area (Å²) in [5.41, 5.74) is 0.577. The zero-order valence-electron chi connectivity index (χ0n) is 18.7. The summed E-state index contributed by atoms with van der Waals surface area (Å²) in [6.07, 6.45) is -0.192. The number of anilines is 4. The number of benzene rings is 3. The van der Waals surface area contributed by atoms with Gasteiger partial charge < -0.3 is 16.0 Å². The molecule has 10 heteroatoms. The van der Waals surface area contributed by atoms with Gasteiger partial charge in [-0.2, -0.15) is 4.98 Å².